The van der Waals surface area contributed by atoms with Crippen molar-refractivity contribution < 1.29 is 4.79 Å². The molecule has 0 aliphatic carbocycles. The first-order valence-corrected chi connectivity index (χ1v) is 7.17. The molecule has 96 valence electrons. The first-order valence-electron chi connectivity index (χ1n) is 6.64. The zero-order valence-electron chi connectivity index (χ0n) is 10.6. The van der Waals surface area contributed by atoms with E-state index in [4.69, 9.17) is 11.6 Å². The zero-order chi connectivity index (χ0) is 12.1. The lowest BCUT2D eigenvalue weighted by Gasteiger charge is -2.04. The van der Waals surface area contributed by atoms with Crippen molar-refractivity contribution in [1.29, 1.82) is 0 Å². The molecule has 0 aliphatic rings. The molecule has 0 aliphatic heterocycles. The van der Waals surface area contributed by atoms with Gasteiger partial charge in [0.1, 0.15) is 0 Å². The van der Waals surface area contributed by atoms with Crippen molar-refractivity contribution in [1.82, 2.24) is 5.32 Å². The minimum Gasteiger partial charge on any atom is -0.356 e. The molecule has 0 bridgehead atoms. The predicted octanol–water partition coefficient (Wildman–Crippen LogP) is 3.87. The van der Waals surface area contributed by atoms with E-state index in [2.05, 4.69) is 12.2 Å². The predicted molar refractivity (Wildman–Crippen MR) is 71.0 cm³/mol. The second kappa shape index (κ2) is 12.8. The summed E-state index contributed by atoms with van der Waals surface area (Å²) < 4.78 is 0. The Morgan fingerprint density at radius 3 is 2.38 bits per heavy atom. The summed E-state index contributed by atoms with van der Waals surface area (Å²) in [5, 5.41) is 2.95. The Morgan fingerprint density at radius 1 is 1.00 bits per heavy atom. The van der Waals surface area contributed by atoms with Crippen molar-refractivity contribution in [2.45, 2.75) is 64.7 Å². The summed E-state index contributed by atoms with van der Waals surface area (Å²) in [6.45, 7) is 3.01. The van der Waals surface area contributed by atoms with Crippen LogP contribution in [0.4, 0.5) is 0 Å². The molecule has 0 radical (unpaired) electrons. The van der Waals surface area contributed by atoms with E-state index in [1.807, 2.05) is 0 Å². The maximum absolute atomic E-state index is 11.4. The van der Waals surface area contributed by atoms with Crippen LogP contribution in [0.15, 0.2) is 0 Å². The molecule has 0 saturated carbocycles. The van der Waals surface area contributed by atoms with Crippen LogP contribution in [0.5, 0.6) is 0 Å². The summed E-state index contributed by atoms with van der Waals surface area (Å²) in [7, 11) is 0. The van der Waals surface area contributed by atoms with Gasteiger partial charge in [-0.3, -0.25) is 4.79 Å². The average Bonchev–Trinajstić information content (AvgIpc) is 2.28. The fourth-order valence-electron chi connectivity index (χ4n) is 1.60. The van der Waals surface area contributed by atoms with Crippen molar-refractivity contribution in [2.75, 3.05) is 12.4 Å². The van der Waals surface area contributed by atoms with Gasteiger partial charge < -0.3 is 5.32 Å². The molecule has 0 fully saturated rings. The molecule has 16 heavy (non-hydrogen) atoms. The number of amides is 1. The molecule has 1 N–H and O–H groups in total. The molecular weight excluding hydrogens is 222 g/mol. The Balaban J connectivity index is 3.12. The van der Waals surface area contributed by atoms with Gasteiger partial charge in [-0.15, -0.1) is 11.6 Å². The molecule has 0 aromatic rings. The molecule has 0 atom stereocenters. The Bertz CT molecular complexity index is 146. The summed E-state index contributed by atoms with van der Waals surface area (Å²) in [5.41, 5.74) is 0. The second-order valence-corrected chi connectivity index (χ2v) is 4.64. The smallest absolute Gasteiger partial charge is 0.219 e. The number of alkyl halides is 1. The van der Waals surface area contributed by atoms with E-state index in [-0.39, 0.29) is 5.91 Å². The summed E-state index contributed by atoms with van der Waals surface area (Å²) in [6, 6.07) is 0. The molecule has 0 spiro atoms. The largest absolute Gasteiger partial charge is 0.356 e. The number of unbranched alkanes of at least 4 members (excludes halogenated alkanes) is 6. The van der Waals surface area contributed by atoms with Crippen molar-refractivity contribution in [2.24, 2.45) is 0 Å². The summed E-state index contributed by atoms with van der Waals surface area (Å²) in [6.07, 6.45) is 9.94. The van der Waals surface area contributed by atoms with Gasteiger partial charge in [0.05, 0.1) is 0 Å². The van der Waals surface area contributed by atoms with E-state index >= 15 is 0 Å². The van der Waals surface area contributed by atoms with Gasteiger partial charge in [-0.2, -0.15) is 0 Å². The van der Waals surface area contributed by atoms with E-state index in [1.165, 1.54) is 25.7 Å². The van der Waals surface area contributed by atoms with Gasteiger partial charge in [-0.25, -0.2) is 0 Å². The lowest BCUT2D eigenvalue weighted by Crippen LogP contribution is -2.23. The van der Waals surface area contributed by atoms with Gasteiger partial charge in [0, 0.05) is 18.8 Å². The molecule has 0 aromatic carbocycles. The van der Waals surface area contributed by atoms with Crippen LogP contribution in [0.1, 0.15) is 64.7 Å². The van der Waals surface area contributed by atoms with E-state index in [0.29, 0.717) is 6.42 Å². The van der Waals surface area contributed by atoms with Crippen molar-refractivity contribution >= 4 is 17.5 Å². The highest BCUT2D eigenvalue weighted by Gasteiger charge is 1.99. The van der Waals surface area contributed by atoms with Crippen LogP contribution in [0.2, 0.25) is 0 Å². The molecule has 0 unspecified atom stereocenters. The fraction of sp³-hybridized carbons (Fsp3) is 0.923. The first-order chi connectivity index (χ1) is 7.81. The zero-order valence-corrected chi connectivity index (χ0v) is 11.3. The minimum atomic E-state index is 0.211. The third-order valence-electron chi connectivity index (χ3n) is 2.64. The molecule has 1 amide bonds. The van der Waals surface area contributed by atoms with Crippen LogP contribution in [-0.2, 0) is 4.79 Å². The van der Waals surface area contributed by atoms with E-state index in [9.17, 15) is 4.79 Å². The molecule has 0 aromatic heterocycles. The number of hydrogen-bond donors (Lipinski definition) is 1. The summed E-state index contributed by atoms with van der Waals surface area (Å²) in [5.74, 6) is 0.938. The van der Waals surface area contributed by atoms with Gasteiger partial charge >= 0.3 is 0 Å². The second-order valence-electron chi connectivity index (χ2n) is 4.26. The topological polar surface area (TPSA) is 29.1 Å². The number of halogens is 1. The maximum atomic E-state index is 11.4. The van der Waals surface area contributed by atoms with E-state index in [0.717, 1.165) is 38.1 Å². The lowest BCUT2D eigenvalue weighted by atomic mass is 10.1. The molecule has 0 saturated heterocycles. The average molecular weight is 248 g/mol. The van der Waals surface area contributed by atoms with Crippen LogP contribution in [0, 0.1) is 0 Å². The van der Waals surface area contributed by atoms with Gasteiger partial charge in [0.2, 0.25) is 5.91 Å². The Labute approximate surface area is 105 Å². The standard InChI is InChI=1S/C13H26ClNO/c1-2-3-4-5-7-10-13(16)15-12-9-6-8-11-14/h2-12H2,1H3,(H,15,16). The third kappa shape index (κ3) is 11.8. The lowest BCUT2D eigenvalue weighted by molar-refractivity contribution is -0.121. The molecular formula is C13H26ClNO. The van der Waals surface area contributed by atoms with Crippen molar-refractivity contribution in [3.8, 4) is 0 Å². The van der Waals surface area contributed by atoms with E-state index in [1.54, 1.807) is 0 Å². The third-order valence-corrected chi connectivity index (χ3v) is 2.91. The van der Waals surface area contributed by atoms with Crippen LogP contribution < -0.4 is 5.32 Å². The van der Waals surface area contributed by atoms with Gasteiger partial charge in [0.15, 0.2) is 0 Å². The normalized spacial score (nSPS) is 10.4. The number of carbonyl (C=O) groups excluding carboxylic acids is 1. The maximum Gasteiger partial charge on any atom is 0.219 e. The minimum absolute atomic E-state index is 0.211. The van der Waals surface area contributed by atoms with Crippen LogP contribution in [0.3, 0.4) is 0 Å². The molecule has 0 rings (SSSR count). The molecule has 3 heteroatoms. The monoisotopic (exact) mass is 247 g/mol. The van der Waals surface area contributed by atoms with Crippen LogP contribution >= 0.6 is 11.6 Å². The van der Waals surface area contributed by atoms with Crippen molar-refractivity contribution in [3.63, 3.8) is 0 Å². The van der Waals surface area contributed by atoms with Gasteiger partial charge in [-0.05, 0) is 19.3 Å². The first kappa shape index (κ1) is 15.8. The highest BCUT2D eigenvalue weighted by Crippen LogP contribution is 2.04. The van der Waals surface area contributed by atoms with Gasteiger partial charge in [-0.1, -0.05) is 39.0 Å². The Morgan fingerprint density at radius 2 is 1.69 bits per heavy atom. The quantitative estimate of drug-likeness (QED) is 0.436. The highest BCUT2D eigenvalue weighted by atomic mass is 35.5. The fourth-order valence-corrected chi connectivity index (χ4v) is 1.79. The summed E-state index contributed by atoms with van der Waals surface area (Å²) >= 11 is 5.57. The van der Waals surface area contributed by atoms with Crippen LogP contribution in [-0.4, -0.2) is 18.3 Å². The molecule has 0 heterocycles. The number of nitrogens with one attached hydrogen (secondary N) is 1. The summed E-state index contributed by atoms with van der Waals surface area (Å²) in [4.78, 5) is 11.4. The van der Waals surface area contributed by atoms with Crippen molar-refractivity contribution in [3.05, 3.63) is 0 Å². The van der Waals surface area contributed by atoms with Crippen LogP contribution in [0.25, 0.3) is 0 Å². The highest BCUT2D eigenvalue weighted by molar-refractivity contribution is 6.17. The van der Waals surface area contributed by atoms with E-state index < -0.39 is 0 Å². The number of carbonyl (C=O) groups is 1. The Kier molecular flexibility index (Phi) is 12.6. The Hall–Kier alpha value is -0.240. The molecule has 2 nitrogen and oxygen atoms in total. The number of rotatable bonds is 11. The number of hydrogen-bond acceptors (Lipinski definition) is 1. The van der Waals surface area contributed by atoms with Gasteiger partial charge in [0.25, 0.3) is 0 Å². The SMILES string of the molecule is CCCCCCCC(=O)NCCCCCCl.